The third-order valence-electron chi connectivity index (χ3n) is 5.03. The van der Waals surface area contributed by atoms with Crippen LogP contribution in [0.1, 0.15) is 38.5 Å². The Morgan fingerprint density at radius 2 is 2.12 bits per heavy atom. The Labute approximate surface area is 101 Å². The van der Waals surface area contributed by atoms with E-state index in [1.54, 1.807) is 0 Å². The van der Waals surface area contributed by atoms with E-state index in [0.717, 1.165) is 31.6 Å². The molecule has 4 aliphatic rings. The lowest BCUT2D eigenvalue weighted by Crippen LogP contribution is -2.35. The van der Waals surface area contributed by atoms with Crippen molar-refractivity contribution in [1.29, 1.82) is 0 Å². The maximum absolute atomic E-state index is 12.2. The van der Waals surface area contributed by atoms with Crippen LogP contribution in [-0.4, -0.2) is 23.8 Å². The first-order chi connectivity index (χ1) is 8.24. The molecule has 0 radical (unpaired) electrons. The quantitative estimate of drug-likeness (QED) is 0.543. The molecule has 0 N–H and O–H groups in total. The molecule has 2 aliphatic heterocycles. The van der Waals surface area contributed by atoms with Gasteiger partial charge in [0.25, 0.3) is 0 Å². The van der Waals surface area contributed by atoms with Crippen LogP contribution >= 0.6 is 0 Å². The molecule has 0 aromatic rings. The number of ether oxygens (including phenoxy) is 2. The summed E-state index contributed by atoms with van der Waals surface area (Å²) in [5, 5.41) is 0. The Morgan fingerprint density at radius 3 is 2.65 bits per heavy atom. The van der Waals surface area contributed by atoms with Gasteiger partial charge in [0.05, 0.1) is 18.1 Å². The lowest BCUT2D eigenvalue weighted by atomic mass is 9.93. The van der Waals surface area contributed by atoms with Gasteiger partial charge in [-0.15, -0.1) is 0 Å². The molecule has 92 valence electrons. The highest BCUT2D eigenvalue weighted by Crippen LogP contribution is 2.50. The van der Waals surface area contributed by atoms with Crippen molar-refractivity contribution >= 4 is 5.97 Å². The van der Waals surface area contributed by atoms with Crippen LogP contribution in [0.4, 0.5) is 0 Å². The highest BCUT2D eigenvalue weighted by atomic mass is 16.6. The third-order valence-corrected chi connectivity index (χ3v) is 5.03. The van der Waals surface area contributed by atoms with Crippen LogP contribution in [0.2, 0.25) is 0 Å². The highest BCUT2D eigenvalue weighted by molar-refractivity contribution is 5.75. The van der Waals surface area contributed by atoms with E-state index in [9.17, 15) is 4.79 Å². The summed E-state index contributed by atoms with van der Waals surface area (Å²) in [4.78, 5) is 12.2. The molecule has 0 aromatic carbocycles. The van der Waals surface area contributed by atoms with Crippen molar-refractivity contribution in [3.63, 3.8) is 0 Å². The smallest absolute Gasteiger partial charge is 0.312 e. The molecular weight excluding hydrogens is 216 g/mol. The van der Waals surface area contributed by atoms with Crippen molar-refractivity contribution in [2.75, 3.05) is 0 Å². The Balaban J connectivity index is 1.46. The average molecular weight is 234 g/mol. The second-order valence-corrected chi connectivity index (χ2v) is 6.12. The predicted octanol–water partition coefficient (Wildman–Crippen LogP) is 2.21. The van der Waals surface area contributed by atoms with Crippen molar-refractivity contribution in [3.8, 4) is 0 Å². The van der Waals surface area contributed by atoms with Crippen molar-refractivity contribution in [1.82, 2.24) is 0 Å². The van der Waals surface area contributed by atoms with Crippen LogP contribution in [0, 0.1) is 11.8 Å². The van der Waals surface area contributed by atoms with Gasteiger partial charge in [0.1, 0.15) is 5.60 Å². The van der Waals surface area contributed by atoms with E-state index in [1.807, 2.05) is 6.08 Å². The molecule has 4 bridgehead atoms. The Morgan fingerprint density at radius 1 is 1.29 bits per heavy atom. The van der Waals surface area contributed by atoms with Gasteiger partial charge in [-0.2, -0.15) is 0 Å². The second kappa shape index (κ2) is 3.35. The predicted molar refractivity (Wildman–Crippen MR) is 61.3 cm³/mol. The molecule has 1 saturated heterocycles. The van der Waals surface area contributed by atoms with Crippen molar-refractivity contribution < 1.29 is 14.3 Å². The van der Waals surface area contributed by atoms with Gasteiger partial charge in [0, 0.05) is 0 Å². The molecule has 17 heavy (non-hydrogen) atoms. The van der Waals surface area contributed by atoms with E-state index in [2.05, 4.69) is 6.08 Å². The van der Waals surface area contributed by atoms with E-state index in [1.165, 1.54) is 12.8 Å². The minimum absolute atomic E-state index is 0.00981. The number of hydrogen-bond acceptors (Lipinski definition) is 3. The standard InChI is InChI=1S/C14H18O3/c15-13(11-7-10-1-2-12(11)16-10)17-14-5-3-9(8-14)4-6-14/h1-2,9-12H,3-8H2. The molecule has 2 aliphatic carbocycles. The van der Waals surface area contributed by atoms with Gasteiger partial charge in [-0.25, -0.2) is 0 Å². The van der Waals surface area contributed by atoms with E-state index in [-0.39, 0.29) is 29.7 Å². The molecule has 2 heterocycles. The fourth-order valence-electron chi connectivity index (χ4n) is 4.07. The van der Waals surface area contributed by atoms with E-state index < -0.39 is 0 Å². The van der Waals surface area contributed by atoms with Gasteiger partial charge in [-0.3, -0.25) is 4.79 Å². The molecule has 3 unspecified atom stereocenters. The minimum Gasteiger partial charge on any atom is -0.459 e. The lowest BCUT2D eigenvalue weighted by molar-refractivity contribution is -0.165. The van der Waals surface area contributed by atoms with E-state index in [0.29, 0.717) is 0 Å². The molecule has 0 aromatic heterocycles. The topological polar surface area (TPSA) is 35.5 Å². The summed E-state index contributed by atoms with van der Waals surface area (Å²) in [5.74, 6) is 0.766. The summed E-state index contributed by atoms with van der Waals surface area (Å²) in [5.41, 5.74) is -0.0900. The van der Waals surface area contributed by atoms with Gasteiger partial charge in [-0.1, -0.05) is 12.2 Å². The highest BCUT2D eigenvalue weighted by Gasteiger charge is 2.50. The maximum atomic E-state index is 12.2. The first kappa shape index (κ1) is 10.1. The first-order valence-electron chi connectivity index (χ1n) is 6.81. The number of carbonyl (C=O) groups is 1. The van der Waals surface area contributed by atoms with Gasteiger partial charge in [0.2, 0.25) is 0 Å². The summed E-state index contributed by atoms with van der Waals surface area (Å²) < 4.78 is 11.5. The third kappa shape index (κ3) is 1.48. The number of hydrogen-bond donors (Lipinski definition) is 0. The Bertz CT molecular complexity index is 379. The van der Waals surface area contributed by atoms with E-state index >= 15 is 0 Å². The number of rotatable bonds is 2. The van der Waals surface area contributed by atoms with Crippen molar-refractivity contribution in [2.24, 2.45) is 11.8 Å². The Kier molecular flexibility index (Phi) is 1.99. The fourth-order valence-corrected chi connectivity index (χ4v) is 4.07. The van der Waals surface area contributed by atoms with Crippen LogP contribution in [0.25, 0.3) is 0 Å². The first-order valence-corrected chi connectivity index (χ1v) is 6.81. The summed E-state index contributed by atoms with van der Waals surface area (Å²) in [7, 11) is 0. The maximum Gasteiger partial charge on any atom is 0.312 e. The molecular formula is C14H18O3. The SMILES string of the molecule is O=C(OC12CCC(CC1)C2)C1CC2C=CC1O2. The van der Waals surface area contributed by atoms with Crippen LogP contribution in [-0.2, 0) is 14.3 Å². The van der Waals surface area contributed by atoms with Crippen LogP contribution in [0.3, 0.4) is 0 Å². The van der Waals surface area contributed by atoms with Crippen molar-refractivity contribution in [2.45, 2.75) is 56.3 Å². The van der Waals surface area contributed by atoms with Crippen LogP contribution in [0.15, 0.2) is 12.2 Å². The van der Waals surface area contributed by atoms with Crippen LogP contribution < -0.4 is 0 Å². The molecule has 3 atom stereocenters. The van der Waals surface area contributed by atoms with Gasteiger partial charge < -0.3 is 9.47 Å². The molecule has 0 spiro atoms. The second-order valence-electron chi connectivity index (χ2n) is 6.12. The number of carbonyl (C=O) groups excluding carboxylic acids is 1. The zero-order valence-electron chi connectivity index (χ0n) is 9.93. The number of esters is 1. The minimum atomic E-state index is -0.0900. The molecule has 3 nitrogen and oxygen atoms in total. The van der Waals surface area contributed by atoms with Gasteiger partial charge >= 0.3 is 5.97 Å². The summed E-state index contributed by atoms with van der Waals surface area (Å²) in [6, 6.07) is 0. The summed E-state index contributed by atoms with van der Waals surface area (Å²) >= 11 is 0. The number of fused-ring (bicyclic) bond motifs is 4. The molecule has 2 saturated carbocycles. The molecule has 3 heteroatoms. The zero-order chi connectivity index (χ0) is 11.5. The Hall–Kier alpha value is -0.830. The summed E-state index contributed by atoms with van der Waals surface area (Å²) in [6.45, 7) is 0. The van der Waals surface area contributed by atoms with Crippen molar-refractivity contribution in [3.05, 3.63) is 12.2 Å². The lowest BCUT2D eigenvalue weighted by Gasteiger charge is -2.29. The van der Waals surface area contributed by atoms with Gasteiger partial charge in [-0.05, 0) is 44.4 Å². The van der Waals surface area contributed by atoms with E-state index in [4.69, 9.17) is 9.47 Å². The average Bonchev–Trinajstić information content (AvgIpc) is 3.08. The largest absolute Gasteiger partial charge is 0.459 e. The fraction of sp³-hybridized carbons (Fsp3) is 0.786. The monoisotopic (exact) mass is 234 g/mol. The summed E-state index contributed by atoms with van der Waals surface area (Å²) in [6.07, 6.45) is 10.8. The van der Waals surface area contributed by atoms with Gasteiger partial charge in [0.15, 0.2) is 0 Å². The zero-order valence-corrected chi connectivity index (χ0v) is 9.93. The normalized spacial score (nSPS) is 50.1. The molecule has 4 rings (SSSR count). The molecule has 0 amide bonds. The molecule has 3 fully saturated rings. The van der Waals surface area contributed by atoms with Crippen LogP contribution in [0.5, 0.6) is 0 Å².